The molecule has 1 aromatic carbocycles. The SMILES string of the molecule is CC1=C(c2ccc(F)cc2)S(=O)(=O)N=C1N1CCC(NC(=O)Cc2cccnc2)CC1. The van der Waals surface area contributed by atoms with Crippen LogP contribution < -0.4 is 5.32 Å². The highest BCUT2D eigenvalue weighted by molar-refractivity contribution is 8.00. The number of nitrogens with one attached hydrogen (secondary N) is 1. The molecule has 162 valence electrons. The minimum absolute atomic E-state index is 0.0277. The first-order valence-corrected chi connectivity index (χ1v) is 11.5. The van der Waals surface area contributed by atoms with Crippen LogP contribution in [0, 0.1) is 5.82 Å². The molecule has 3 heterocycles. The van der Waals surface area contributed by atoms with Crippen LogP contribution in [0.25, 0.3) is 4.91 Å². The number of hydrogen-bond donors (Lipinski definition) is 1. The Kier molecular flexibility index (Phi) is 5.86. The molecule has 1 fully saturated rings. The molecule has 7 nitrogen and oxygen atoms in total. The van der Waals surface area contributed by atoms with Crippen LogP contribution >= 0.6 is 0 Å². The number of sulfonamides is 1. The summed E-state index contributed by atoms with van der Waals surface area (Å²) in [6.45, 7) is 2.89. The number of amides is 1. The molecule has 1 saturated heterocycles. The Balaban J connectivity index is 1.40. The summed E-state index contributed by atoms with van der Waals surface area (Å²) in [4.78, 5) is 18.4. The summed E-state index contributed by atoms with van der Waals surface area (Å²) >= 11 is 0. The first-order chi connectivity index (χ1) is 14.8. The zero-order valence-electron chi connectivity index (χ0n) is 17.1. The van der Waals surface area contributed by atoms with Gasteiger partial charge in [-0.1, -0.05) is 18.2 Å². The number of carbonyl (C=O) groups excluding carboxylic acids is 1. The fraction of sp³-hybridized carbons (Fsp3) is 0.318. The van der Waals surface area contributed by atoms with Gasteiger partial charge in [-0.25, -0.2) is 4.39 Å². The van der Waals surface area contributed by atoms with E-state index in [-0.39, 0.29) is 23.3 Å². The van der Waals surface area contributed by atoms with Crippen LogP contribution in [-0.4, -0.2) is 49.2 Å². The molecule has 0 saturated carbocycles. The Morgan fingerprint density at radius 1 is 1.19 bits per heavy atom. The van der Waals surface area contributed by atoms with Crippen molar-refractivity contribution in [1.29, 1.82) is 0 Å². The van der Waals surface area contributed by atoms with Crippen molar-refractivity contribution in [1.82, 2.24) is 15.2 Å². The van der Waals surface area contributed by atoms with E-state index >= 15 is 0 Å². The van der Waals surface area contributed by atoms with Gasteiger partial charge in [0, 0.05) is 37.1 Å². The second-order valence-corrected chi connectivity index (χ2v) is 9.26. The number of rotatable bonds is 4. The first-order valence-electron chi connectivity index (χ1n) is 10.1. The molecule has 1 N–H and O–H groups in total. The van der Waals surface area contributed by atoms with Gasteiger partial charge in [0.2, 0.25) is 5.91 Å². The van der Waals surface area contributed by atoms with Crippen molar-refractivity contribution >= 4 is 26.7 Å². The number of pyridine rings is 1. The van der Waals surface area contributed by atoms with Crippen LogP contribution in [0.1, 0.15) is 30.9 Å². The highest BCUT2D eigenvalue weighted by Gasteiger charge is 2.35. The first kappa shape index (κ1) is 21.2. The minimum atomic E-state index is -3.84. The molecule has 0 radical (unpaired) electrons. The number of halogens is 1. The van der Waals surface area contributed by atoms with Crippen LogP contribution in [0.5, 0.6) is 0 Å². The summed E-state index contributed by atoms with van der Waals surface area (Å²) in [6, 6.07) is 9.07. The highest BCUT2D eigenvalue weighted by atomic mass is 32.2. The molecule has 0 spiro atoms. The van der Waals surface area contributed by atoms with Crippen molar-refractivity contribution in [2.45, 2.75) is 32.2 Å². The van der Waals surface area contributed by atoms with Gasteiger partial charge in [-0.05, 0) is 49.1 Å². The average molecular weight is 443 g/mol. The van der Waals surface area contributed by atoms with Crippen LogP contribution in [0.4, 0.5) is 4.39 Å². The maximum atomic E-state index is 13.2. The molecule has 0 unspecified atom stereocenters. The Labute approximate surface area is 180 Å². The second-order valence-electron chi connectivity index (χ2n) is 7.72. The standard InChI is InChI=1S/C22H23FN4O3S/c1-15-21(17-4-6-18(23)7-5-17)31(29,30)26-22(15)27-11-8-19(9-12-27)25-20(28)13-16-3-2-10-24-14-16/h2-7,10,14,19H,8-9,11-13H2,1H3,(H,25,28). The number of amidine groups is 1. The van der Waals surface area contributed by atoms with Crippen LogP contribution in [0.15, 0.2) is 58.8 Å². The molecule has 1 amide bonds. The maximum Gasteiger partial charge on any atom is 0.285 e. The summed E-state index contributed by atoms with van der Waals surface area (Å²) in [5, 5.41) is 3.05. The zero-order valence-corrected chi connectivity index (χ0v) is 17.9. The summed E-state index contributed by atoms with van der Waals surface area (Å²) < 4.78 is 42.6. The molecule has 0 atom stereocenters. The smallest absolute Gasteiger partial charge is 0.285 e. The van der Waals surface area contributed by atoms with E-state index in [1.165, 1.54) is 24.3 Å². The number of hydrogen-bond acceptors (Lipinski definition) is 5. The van der Waals surface area contributed by atoms with E-state index in [1.807, 2.05) is 11.0 Å². The number of likely N-dealkylation sites (tertiary alicyclic amines) is 1. The van der Waals surface area contributed by atoms with E-state index < -0.39 is 15.8 Å². The lowest BCUT2D eigenvalue weighted by Gasteiger charge is -2.33. The van der Waals surface area contributed by atoms with Gasteiger partial charge in [-0.2, -0.15) is 8.42 Å². The van der Waals surface area contributed by atoms with Crippen LogP contribution in [-0.2, 0) is 21.2 Å². The van der Waals surface area contributed by atoms with E-state index in [9.17, 15) is 17.6 Å². The van der Waals surface area contributed by atoms with E-state index in [0.29, 0.717) is 42.9 Å². The quantitative estimate of drug-likeness (QED) is 0.786. The third kappa shape index (κ3) is 4.66. The topological polar surface area (TPSA) is 91.7 Å². The number of aromatic nitrogens is 1. The molecular weight excluding hydrogens is 419 g/mol. The largest absolute Gasteiger partial charge is 0.356 e. The molecule has 0 aliphatic carbocycles. The average Bonchev–Trinajstić information content (AvgIpc) is 2.99. The second kappa shape index (κ2) is 8.58. The number of piperidine rings is 1. The Morgan fingerprint density at radius 3 is 2.55 bits per heavy atom. The predicted molar refractivity (Wildman–Crippen MR) is 116 cm³/mol. The van der Waals surface area contributed by atoms with Gasteiger partial charge in [0.05, 0.1) is 6.42 Å². The van der Waals surface area contributed by atoms with Crippen molar-refractivity contribution in [2.75, 3.05) is 13.1 Å². The molecular formula is C22H23FN4O3S. The predicted octanol–water partition coefficient (Wildman–Crippen LogP) is 2.52. The zero-order chi connectivity index (χ0) is 22.0. The van der Waals surface area contributed by atoms with E-state index in [1.54, 1.807) is 25.4 Å². The van der Waals surface area contributed by atoms with E-state index in [2.05, 4.69) is 14.7 Å². The van der Waals surface area contributed by atoms with E-state index in [0.717, 1.165) is 5.56 Å². The molecule has 31 heavy (non-hydrogen) atoms. The summed E-state index contributed by atoms with van der Waals surface area (Å²) in [5.41, 5.74) is 1.85. The van der Waals surface area contributed by atoms with Gasteiger partial charge in [-0.3, -0.25) is 9.78 Å². The highest BCUT2D eigenvalue weighted by Crippen LogP contribution is 2.34. The monoisotopic (exact) mass is 442 g/mol. The van der Waals surface area contributed by atoms with Gasteiger partial charge >= 0.3 is 0 Å². The lowest BCUT2D eigenvalue weighted by atomic mass is 10.0. The van der Waals surface area contributed by atoms with Gasteiger partial charge < -0.3 is 10.2 Å². The number of benzene rings is 1. The summed E-state index contributed by atoms with van der Waals surface area (Å²) in [6.07, 6.45) is 5.01. The van der Waals surface area contributed by atoms with Crippen molar-refractivity contribution in [2.24, 2.45) is 4.40 Å². The number of carbonyl (C=O) groups is 1. The van der Waals surface area contributed by atoms with Crippen molar-refractivity contribution in [3.8, 4) is 0 Å². The van der Waals surface area contributed by atoms with Crippen LogP contribution in [0.2, 0.25) is 0 Å². The lowest BCUT2D eigenvalue weighted by molar-refractivity contribution is -0.121. The summed E-state index contributed by atoms with van der Waals surface area (Å²) in [7, 11) is -3.84. The Morgan fingerprint density at radius 2 is 1.90 bits per heavy atom. The van der Waals surface area contributed by atoms with Crippen molar-refractivity contribution < 1.29 is 17.6 Å². The Bertz CT molecular complexity index is 1140. The van der Waals surface area contributed by atoms with Gasteiger partial charge in [0.25, 0.3) is 10.0 Å². The molecule has 4 rings (SSSR count). The van der Waals surface area contributed by atoms with Crippen molar-refractivity contribution in [3.05, 3.63) is 71.3 Å². The number of nitrogens with zero attached hydrogens (tertiary/aromatic N) is 3. The normalized spacial score (nSPS) is 18.8. The maximum absolute atomic E-state index is 13.2. The molecule has 1 aromatic heterocycles. The van der Waals surface area contributed by atoms with E-state index in [4.69, 9.17) is 0 Å². The summed E-state index contributed by atoms with van der Waals surface area (Å²) in [5.74, 6) is -0.0486. The fourth-order valence-corrected chi connectivity index (χ4v) is 5.47. The Hall–Kier alpha value is -3.07. The van der Waals surface area contributed by atoms with Gasteiger partial charge in [-0.15, -0.1) is 4.40 Å². The van der Waals surface area contributed by atoms with Gasteiger partial charge in [0.1, 0.15) is 16.6 Å². The third-order valence-electron chi connectivity index (χ3n) is 5.49. The third-order valence-corrected chi connectivity index (χ3v) is 6.97. The molecule has 2 aromatic rings. The molecule has 2 aliphatic heterocycles. The molecule has 9 heteroatoms. The van der Waals surface area contributed by atoms with Crippen molar-refractivity contribution in [3.63, 3.8) is 0 Å². The van der Waals surface area contributed by atoms with Crippen LogP contribution in [0.3, 0.4) is 0 Å². The molecule has 2 aliphatic rings. The fourth-order valence-electron chi connectivity index (χ4n) is 3.99. The lowest BCUT2D eigenvalue weighted by Crippen LogP contribution is -2.47. The molecule has 0 bridgehead atoms. The minimum Gasteiger partial charge on any atom is -0.356 e. The van der Waals surface area contributed by atoms with Gasteiger partial charge in [0.15, 0.2) is 0 Å².